The van der Waals surface area contributed by atoms with Gasteiger partial charge in [-0.05, 0) is 42.5 Å². The van der Waals surface area contributed by atoms with Gasteiger partial charge in [-0.15, -0.1) is 0 Å². The first kappa shape index (κ1) is 16.7. The lowest BCUT2D eigenvalue weighted by molar-refractivity contribution is 0.166. The summed E-state index contributed by atoms with van der Waals surface area (Å²) in [5.41, 5.74) is 1.02. The second-order valence-corrected chi connectivity index (χ2v) is 8.20. The summed E-state index contributed by atoms with van der Waals surface area (Å²) in [6.45, 7) is 6.10. The lowest BCUT2D eigenvalue weighted by Crippen LogP contribution is -2.39. The van der Waals surface area contributed by atoms with E-state index in [-0.39, 0.29) is 10.3 Å². The Morgan fingerprint density at radius 2 is 2.05 bits per heavy atom. The molecule has 0 saturated heterocycles. The van der Waals surface area contributed by atoms with E-state index in [1.54, 1.807) is 12.1 Å². The van der Waals surface area contributed by atoms with Crippen LogP contribution < -0.4 is 10.0 Å². The Morgan fingerprint density at radius 3 is 2.57 bits per heavy atom. The van der Waals surface area contributed by atoms with Crippen molar-refractivity contribution in [2.24, 2.45) is 5.41 Å². The molecule has 0 atom stereocenters. The lowest BCUT2D eigenvalue weighted by Gasteiger charge is -2.38. The third-order valence-corrected chi connectivity index (χ3v) is 5.90. The summed E-state index contributed by atoms with van der Waals surface area (Å²) in [6, 6.07) is 4.91. The van der Waals surface area contributed by atoms with Crippen molar-refractivity contribution in [3.63, 3.8) is 0 Å². The van der Waals surface area contributed by atoms with E-state index in [1.165, 1.54) is 12.5 Å². The van der Waals surface area contributed by atoms with Crippen LogP contribution in [0.2, 0.25) is 5.02 Å². The molecule has 0 aliphatic heterocycles. The first-order chi connectivity index (χ1) is 9.86. The number of halogens is 1. The molecule has 0 amide bonds. The number of nitrogens with one attached hydrogen (secondary N) is 2. The normalized spacial score (nSPS) is 17.5. The van der Waals surface area contributed by atoms with Gasteiger partial charge in [0.1, 0.15) is 0 Å². The minimum Gasteiger partial charge on any atom is -0.313 e. The van der Waals surface area contributed by atoms with E-state index in [0.717, 1.165) is 24.9 Å². The average Bonchev–Trinajstić information content (AvgIpc) is 2.42. The van der Waals surface area contributed by atoms with Gasteiger partial charge in [-0.25, -0.2) is 13.1 Å². The summed E-state index contributed by atoms with van der Waals surface area (Å²) in [6.07, 6.45) is 3.35. The zero-order chi connectivity index (χ0) is 15.5. The molecule has 1 aliphatic carbocycles. The smallest absolute Gasteiger partial charge is 0.240 e. The van der Waals surface area contributed by atoms with Crippen molar-refractivity contribution in [1.29, 1.82) is 0 Å². The average molecular weight is 331 g/mol. The number of benzene rings is 1. The van der Waals surface area contributed by atoms with Crippen molar-refractivity contribution in [3.8, 4) is 0 Å². The van der Waals surface area contributed by atoms with Crippen molar-refractivity contribution >= 4 is 21.6 Å². The summed E-state index contributed by atoms with van der Waals surface area (Å²) >= 11 is 6.17. The van der Waals surface area contributed by atoms with Crippen LogP contribution in [0.15, 0.2) is 23.1 Å². The van der Waals surface area contributed by atoms with Crippen LogP contribution >= 0.6 is 11.6 Å². The minimum atomic E-state index is -3.48. The van der Waals surface area contributed by atoms with E-state index >= 15 is 0 Å². The predicted octanol–water partition coefficient (Wildman–Crippen LogP) is 2.92. The van der Waals surface area contributed by atoms with Crippen LogP contribution in [-0.2, 0) is 16.6 Å². The molecule has 1 saturated carbocycles. The van der Waals surface area contributed by atoms with E-state index in [9.17, 15) is 8.42 Å². The zero-order valence-corrected chi connectivity index (χ0v) is 14.1. The maximum Gasteiger partial charge on any atom is 0.240 e. The molecule has 2 rings (SSSR count). The first-order valence-corrected chi connectivity index (χ1v) is 9.21. The molecule has 0 spiro atoms. The van der Waals surface area contributed by atoms with Gasteiger partial charge in [0.05, 0.1) is 4.90 Å². The molecule has 1 aromatic carbocycles. The monoisotopic (exact) mass is 330 g/mol. The Hall–Kier alpha value is -0.620. The highest BCUT2D eigenvalue weighted by atomic mass is 35.5. The van der Waals surface area contributed by atoms with Gasteiger partial charge in [-0.1, -0.05) is 37.9 Å². The van der Waals surface area contributed by atoms with Crippen LogP contribution in [-0.4, -0.2) is 21.5 Å². The largest absolute Gasteiger partial charge is 0.313 e. The quantitative estimate of drug-likeness (QED) is 0.808. The SMILES string of the molecule is CCNCc1ccc(S(=O)(=O)NCC2(C)CCC2)cc1Cl. The van der Waals surface area contributed by atoms with E-state index in [2.05, 4.69) is 17.0 Å². The molecule has 6 heteroatoms. The maximum absolute atomic E-state index is 12.3. The van der Waals surface area contributed by atoms with E-state index in [1.807, 2.05) is 6.92 Å². The van der Waals surface area contributed by atoms with Gasteiger partial charge in [0.25, 0.3) is 0 Å². The molecule has 0 bridgehead atoms. The molecule has 0 radical (unpaired) electrons. The fourth-order valence-electron chi connectivity index (χ4n) is 2.41. The molecule has 118 valence electrons. The van der Waals surface area contributed by atoms with Crippen molar-refractivity contribution < 1.29 is 8.42 Å². The van der Waals surface area contributed by atoms with Gasteiger partial charge in [-0.2, -0.15) is 0 Å². The van der Waals surface area contributed by atoms with Crippen LogP contribution in [0.25, 0.3) is 0 Å². The zero-order valence-electron chi connectivity index (χ0n) is 12.6. The van der Waals surface area contributed by atoms with E-state index < -0.39 is 10.0 Å². The molecule has 21 heavy (non-hydrogen) atoms. The number of hydrogen-bond donors (Lipinski definition) is 2. The lowest BCUT2D eigenvalue weighted by atomic mass is 9.71. The highest BCUT2D eigenvalue weighted by Gasteiger charge is 2.33. The Kier molecular flexibility index (Phi) is 5.30. The van der Waals surface area contributed by atoms with Gasteiger partial charge < -0.3 is 5.32 Å². The minimum absolute atomic E-state index is 0.113. The second kappa shape index (κ2) is 6.65. The molecule has 4 nitrogen and oxygen atoms in total. The van der Waals surface area contributed by atoms with Crippen molar-refractivity contribution in [3.05, 3.63) is 28.8 Å². The highest BCUT2D eigenvalue weighted by molar-refractivity contribution is 7.89. The third kappa shape index (κ3) is 4.19. The molecule has 1 aliphatic rings. The molecule has 0 heterocycles. The van der Waals surface area contributed by atoms with Gasteiger partial charge in [-0.3, -0.25) is 0 Å². The fraction of sp³-hybridized carbons (Fsp3) is 0.600. The standard InChI is InChI=1S/C15H23ClN2O2S/c1-3-17-10-12-5-6-13(9-14(12)16)21(19,20)18-11-15(2)7-4-8-15/h5-6,9,17-18H,3-4,7-8,10-11H2,1-2H3. The molecule has 1 fully saturated rings. The number of hydrogen-bond acceptors (Lipinski definition) is 3. The molecule has 2 N–H and O–H groups in total. The molecular weight excluding hydrogens is 308 g/mol. The number of rotatable bonds is 7. The topological polar surface area (TPSA) is 58.2 Å². The second-order valence-electron chi connectivity index (χ2n) is 6.02. The summed E-state index contributed by atoms with van der Waals surface area (Å²) in [7, 11) is -3.48. The predicted molar refractivity (Wildman–Crippen MR) is 86.0 cm³/mol. The van der Waals surface area contributed by atoms with Crippen LogP contribution in [0.3, 0.4) is 0 Å². The molecule has 0 unspecified atom stereocenters. The Morgan fingerprint density at radius 1 is 1.33 bits per heavy atom. The van der Waals surface area contributed by atoms with Crippen LogP contribution in [0.4, 0.5) is 0 Å². The van der Waals surface area contributed by atoms with E-state index in [0.29, 0.717) is 18.1 Å². The Bertz CT molecular complexity index is 598. The van der Waals surface area contributed by atoms with Gasteiger partial charge in [0.2, 0.25) is 10.0 Å². The van der Waals surface area contributed by atoms with Crippen LogP contribution in [0, 0.1) is 5.41 Å². The summed E-state index contributed by atoms with van der Waals surface area (Å²) in [5, 5.41) is 3.65. The molecule has 1 aromatic rings. The van der Waals surface area contributed by atoms with E-state index in [4.69, 9.17) is 11.6 Å². The van der Waals surface area contributed by atoms with Crippen LogP contribution in [0.5, 0.6) is 0 Å². The summed E-state index contributed by atoms with van der Waals surface area (Å²) < 4.78 is 27.3. The molecular formula is C15H23ClN2O2S. The third-order valence-electron chi connectivity index (χ3n) is 4.15. The summed E-state index contributed by atoms with van der Waals surface area (Å²) in [4.78, 5) is 0.232. The number of sulfonamides is 1. The van der Waals surface area contributed by atoms with Gasteiger partial charge >= 0.3 is 0 Å². The van der Waals surface area contributed by atoms with Gasteiger partial charge in [0, 0.05) is 18.1 Å². The van der Waals surface area contributed by atoms with Crippen molar-refractivity contribution in [1.82, 2.24) is 10.0 Å². The van der Waals surface area contributed by atoms with Crippen molar-refractivity contribution in [2.45, 2.75) is 44.6 Å². The summed E-state index contributed by atoms with van der Waals surface area (Å²) in [5.74, 6) is 0. The maximum atomic E-state index is 12.3. The highest BCUT2D eigenvalue weighted by Crippen LogP contribution is 2.39. The first-order valence-electron chi connectivity index (χ1n) is 7.35. The van der Waals surface area contributed by atoms with Crippen molar-refractivity contribution in [2.75, 3.05) is 13.1 Å². The van der Waals surface area contributed by atoms with Gasteiger partial charge in [0.15, 0.2) is 0 Å². The molecule has 0 aromatic heterocycles. The fourth-order valence-corrected chi connectivity index (χ4v) is 3.95. The Labute approximate surface area is 132 Å². The van der Waals surface area contributed by atoms with Crippen LogP contribution in [0.1, 0.15) is 38.7 Å². The Balaban J connectivity index is 2.07.